The molecule has 2 aromatic carbocycles. The number of hydrogen-bond donors (Lipinski definition) is 0. The van der Waals surface area contributed by atoms with Crippen LogP contribution in [0.4, 0.5) is 11.4 Å². The number of benzene rings is 2. The summed E-state index contributed by atoms with van der Waals surface area (Å²) in [6, 6.07) is 14.9. The van der Waals surface area contributed by atoms with Gasteiger partial charge in [0.2, 0.25) is 0 Å². The Morgan fingerprint density at radius 2 is 1.92 bits per heavy atom. The number of rotatable bonds is 5. The molecule has 0 radical (unpaired) electrons. The maximum absolute atomic E-state index is 10.9. The van der Waals surface area contributed by atoms with Crippen LogP contribution < -0.4 is 4.74 Å². The van der Waals surface area contributed by atoms with Crippen molar-refractivity contribution in [3.63, 3.8) is 0 Å². The van der Waals surface area contributed by atoms with Crippen molar-refractivity contribution in [1.82, 2.24) is 0 Å². The molecule has 0 fully saturated rings. The van der Waals surface area contributed by atoms with E-state index in [1.807, 2.05) is 24.3 Å². The first-order valence-electron chi connectivity index (χ1n) is 7.29. The van der Waals surface area contributed by atoms with Gasteiger partial charge >= 0.3 is 0 Å². The Kier molecular flexibility index (Phi) is 4.81. The number of nitro groups is 1. The van der Waals surface area contributed by atoms with E-state index in [1.54, 1.807) is 25.5 Å². The van der Waals surface area contributed by atoms with Gasteiger partial charge in [0.1, 0.15) is 17.3 Å². The lowest BCUT2D eigenvalue weighted by atomic mass is 10.1. The molecule has 0 unspecified atom stereocenters. The Hall–Kier alpha value is -3.12. The normalized spacial score (nSPS) is 11.0. The Bertz CT molecular complexity index is 933. The minimum absolute atomic E-state index is 0.0516. The maximum atomic E-state index is 10.9. The first-order chi connectivity index (χ1) is 12.1. The lowest BCUT2D eigenvalue weighted by Crippen LogP contribution is -1.88. The van der Waals surface area contributed by atoms with Crippen LogP contribution in [0.3, 0.4) is 0 Å². The summed E-state index contributed by atoms with van der Waals surface area (Å²) in [6.07, 6.45) is 1.57. The molecule has 0 saturated heterocycles. The van der Waals surface area contributed by atoms with E-state index in [1.165, 1.54) is 18.2 Å². The highest BCUT2D eigenvalue weighted by Gasteiger charge is 2.14. The number of aliphatic imine (C=N–C) groups is 1. The van der Waals surface area contributed by atoms with Gasteiger partial charge in [-0.1, -0.05) is 11.6 Å². The fourth-order valence-corrected chi connectivity index (χ4v) is 2.40. The summed E-state index contributed by atoms with van der Waals surface area (Å²) in [5.74, 6) is 1.69. The molecule has 0 bridgehead atoms. The maximum Gasteiger partial charge on any atom is 0.270 e. The Balaban J connectivity index is 1.83. The van der Waals surface area contributed by atoms with Crippen molar-refractivity contribution < 1.29 is 14.1 Å². The van der Waals surface area contributed by atoms with Crippen molar-refractivity contribution in [3.8, 4) is 17.1 Å². The van der Waals surface area contributed by atoms with E-state index in [9.17, 15) is 10.1 Å². The molecule has 6 nitrogen and oxygen atoms in total. The number of non-ortho nitro benzene ring substituents is 1. The van der Waals surface area contributed by atoms with Gasteiger partial charge in [-0.3, -0.25) is 15.1 Å². The van der Waals surface area contributed by atoms with Gasteiger partial charge in [-0.15, -0.1) is 0 Å². The molecule has 0 N–H and O–H groups in total. The fourth-order valence-electron chi connectivity index (χ4n) is 2.19. The predicted molar refractivity (Wildman–Crippen MR) is 96.1 cm³/mol. The fraction of sp³-hybridized carbons (Fsp3) is 0.0556. The van der Waals surface area contributed by atoms with E-state index in [0.717, 1.165) is 11.4 Å². The average molecular weight is 357 g/mol. The van der Waals surface area contributed by atoms with E-state index in [2.05, 4.69) is 4.99 Å². The molecule has 3 rings (SSSR count). The van der Waals surface area contributed by atoms with E-state index < -0.39 is 4.92 Å². The molecule has 7 heteroatoms. The highest BCUT2D eigenvalue weighted by Crippen LogP contribution is 2.32. The number of nitro benzene ring substituents is 1. The van der Waals surface area contributed by atoms with E-state index >= 15 is 0 Å². The van der Waals surface area contributed by atoms with Gasteiger partial charge in [-0.2, -0.15) is 0 Å². The van der Waals surface area contributed by atoms with Crippen LogP contribution in [0.25, 0.3) is 11.3 Å². The summed E-state index contributed by atoms with van der Waals surface area (Å²) in [6.45, 7) is 0. The minimum Gasteiger partial charge on any atom is -0.497 e. The van der Waals surface area contributed by atoms with Gasteiger partial charge in [0.25, 0.3) is 5.69 Å². The van der Waals surface area contributed by atoms with Crippen LogP contribution in [0.2, 0.25) is 5.02 Å². The molecule has 0 aliphatic heterocycles. The summed E-state index contributed by atoms with van der Waals surface area (Å²) in [7, 11) is 1.60. The molecule has 0 aliphatic carbocycles. The summed E-state index contributed by atoms with van der Waals surface area (Å²) >= 11 is 6.12. The molecule has 126 valence electrons. The van der Waals surface area contributed by atoms with Crippen LogP contribution in [-0.4, -0.2) is 18.2 Å². The zero-order valence-electron chi connectivity index (χ0n) is 13.2. The molecule has 25 heavy (non-hydrogen) atoms. The number of furan rings is 1. The van der Waals surface area contributed by atoms with Crippen LogP contribution in [0.1, 0.15) is 5.76 Å². The summed E-state index contributed by atoms with van der Waals surface area (Å²) in [5, 5.41) is 11.3. The summed E-state index contributed by atoms with van der Waals surface area (Å²) in [4.78, 5) is 14.7. The monoisotopic (exact) mass is 356 g/mol. The molecule has 1 heterocycles. The quantitative estimate of drug-likeness (QED) is 0.354. The first kappa shape index (κ1) is 16.7. The average Bonchev–Trinajstić information content (AvgIpc) is 3.09. The largest absolute Gasteiger partial charge is 0.497 e. The van der Waals surface area contributed by atoms with Gasteiger partial charge in [0, 0.05) is 17.7 Å². The van der Waals surface area contributed by atoms with Gasteiger partial charge in [-0.05, 0) is 42.5 Å². The third-order valence-electron chi connectivity index (χ3n) is 3.47. The third-order valence-corrected chi connectivity index (χ3v) is 3.80. The second-order valence-corrected chi connectivity index (χ2v) is 5.49. The molecule has 0 aliphatic rings. The topological polar surface area (TPSA) is 77.9 Å². The first-order valence-corrected chi connectivity index (χ1v) is 7.67. The molecule has 0 amide bonds. The number of ether oxygens (including phenoxy) is 1. The lowest BCUT2D eigenvalue weighted by Gasteiger charge is -2.00. The second kappa shape index (κ2) is 7.19. The van der Waals surface area contributed by atoms with Crippen LogP contribution in [0.15, 0.2) is 64.0 Å². The van der Waals surface area contributed by atoms with Crippen molar-refractivity contribution in [2.45, 2.75) is 0 Å². The van der Waals surface area contributed by atoms with Crippen LogP contribution in [0.5, 0.6) is 5.75 Å². The van der Waals surface area contributed by atoms with Gasteiger partial charge in [0.05, 0.1) is 29.0 Å². The molecule has 0 spiro atoms. The Morgan fingerprint density at radius 3 is 2.60 bits per heavy atom. The van der Waals surface area contributed by atoms with E-state index in [4.69, 9.17) is 20.8 Å². The van der Waals surface area contributed by atoms with Crippen molar-refractivity contribution in [2.24, 2.45) is 4.99 Å². The van der Waals surface area contributed by atoms with Gasteiger partial charge < -0.3 is 9.15 Å². The van der Waals surface area contributed by atoms with E-state index in [0.29, 0.717) is 22.1 Å². The highest BCUT2D eigenvalue weighted by atomic mass is 35.5. The summed E-state index contributed by atoms with van der Waals surface area (Å²) in [5.41, 5.74) is 1.15. The smallest absolute Gasteiger partial charge is 0.270 e. The summed E-state index contributed by atoms with van der Waals surface area (Å²) < 4.78 is 10.8. The molecule has 0 atom stereocenters. The Morgan fingerprint density at radius 1 is 1.16 bits per heavy atom. The predicted octanol–water partition coefficient (Wildman–Crippen LogP) is 5.27. The van der Waals surface area contributed by atoms with Crippen molar-refractivity contribution in [1.29, 1.82) is 0 Å². The molecule has 1 aromatic heterocycles. The number of hydrogen-bond acceptors (Lipinski definition) is 5. The highest BCUT2D eigenvalue weighted by molar-refractivity contribution is 6.33. The lowest BCUT2D eigenvalue weighted by molar-refractivity contribution is -0.384. The number of nitrogens with zero attached hydrogens (tertiary/aromatic N) is 2. The Labute approximate surface area is 148 Å². The number of halogens is 1. The standard InChI is InChI=1S/C18H13ClN2O4/c1-24-14-5-2-12(3-6-14)20-11-15-7-9-18(25-15)16-10-13(21(22)23)4-8-17(16)19/h2-11H,1H3. The molecule has 3 aromatic rings. The van der Waals surface area contributed by atoms with Gasteiger partial charge in [-0.25, -0.2) is 0 Å². The van der Waals surface area contributed by atoms with Crippen LogP contribution in [-0.2, 0) is 0 Å². The van der Waals surface area contributed by atoms with Crippen LogP contribution >= 0.6 is 11.6 Å². The molecule has 0 saturated carbocycles. The molecular formula is C18H13ClN2O4. The van der Waals surface area contributed by atoms with Crippen molar-refractivity contribution in [2.75, 3.05) is 7.11 Å². The zero-order valence-corrected chi connectivity index (χ0v) is 13.9. The molecular weight excluding hydrogens is 344 g/mol. The van der Waals surface area contributed by atoms with Crippen LogP contribution in [0, 0.1) is 10.1 Å². The third kappa shape index (κ3) is 3.87. The van der Waals surface area contributed by atoms with E-state index in [-0.39, 0.29) is 5.69 Å². The van der Waals surface area contributed by atoms with Crippen molar-refractivity contribution >= 4 is 29.2 Å². The SMILES string of the molecule is COc1ccc(N=Cc2ccc(-c3cc([N+](=O)[O-])ccc3Cl)o2)cc1. The minimum atomic E-state index is -0.477. The zero-order chi connectivity index (χ0) is 17.8. The second-order valence-electron chi connectivity index (χ2n) is 5.08. The van der Waals surface area contributed by atoms with Crippen molar-refractivity contribution in [3.05, 3.63) is 75.5 Å². The number of methoxy groups -OCH3 is 1. The van der Waals surface area contributed by atoms with Gasteiger partial charge in [0.15, 0.2) is 0 Å².